The maximum atomic E-state index is 13.5. The number of carbonyl (C=O) groups is 2. The van der Waals surface area contributed by atoms with Crippen molar-refractivity contribution in [3.8, 4) is 11.9 Å². The van der Waals surface area contributed by atoms with E-state index in [1.165, 1.54) is 6.20 Å². The molecule has 2 fully saturated rings. The molecule has 190 valence electrons. The summed E-state index contributed by atoms with van der Waals surface area (Å²) in [6, 6.07) is 11.1. The minimum absolute atomic E-state index is 0.0572. The monoisotopic (exact) mass is 528 g/mol. The lowest BCUT2D eigenvalue weighted by atomic mass is 9.87. The second kappa shape index (κ2) is 11.9. The van der Waals surface area contributed by atoms with Crippen LogP contribution in [-0.4, -0.2) is 59.4 Å². The molecule has 9 heteroatoms. The zero-order valence-corrected chi connectivity index (χ0v) is 21.8. The third kappa shape index (κ3) is 6.11. The van der Waals surface area contributed by atoms with Gasteiger partial charge in [0.15, 0.2) is 0 Å². The Balaban J connectivity index is 1.42. The molecule has 2 saturated heterocycles. The number of likely N-dealkylation sites (tertiary alicyclic amines) is 2. The van der Waals surface area contributed by atoms with Crippen LogP contribution < -0.4 is 4.74 Å². The van der Waals surface area contributed by atoms with E-state index in [-0.39, 0.29) is 29.6 Å². The molecule has 0 spiro atoms. The number of nitrogens with zero attached hydrogens (tertiary/aromatic N) is 4. The lowest BCUT2D eigenvalue weighted by molar-refractivity contribution is -0.140. The van der Waals surface area contributed by atoms with Crippen molar-refractivity contribution < 1.29 is 14.3 Å². The van der Waals surface area contributed by atoms with Crippen LogP contribution in [-0.2, 0) is 9.59 Å². The molecule has 2 unspecified atom stereocenters. The van der Waals surface area contributed by atoms with Crippen molar-refractivity contribution in [2.75, 3.05) is 32.8 Å². The van der Waals surface area contributed by atoms with Gasteiger partial charge in [-0.25, -0.2) is 4.98 Å². The van der Waals surface area contributed by atoms with Crippen LogP contribution >= 0.6 is 23.2 Å². The molecule has 36 heavy (non-hydrogen) atoms. The second-order valence-corrected chi connectivity index (χ2v) is 10.2. The molecular weight excluding hydrogens is 499 g/mol. The second-order valence-electron chi connectivity index (χ2n) is 9.43. The highest BCUT2D eigenvalue weighted by Crippen LogP contribution is 2.38. The fraction of sp³-hybridized carbons (Fsp3) is 0.481. The number of amides is 2. The zero-order chi connectivity index (χ0) is 25.7. The predicted octanol–water partition coefficient (Wildman–Crippen LogP) is 4.92. The molecule has 0 saturated carbocycles. The summed E-state index contributed by atoms with van der Waals surface area (Å²) < 4.78 is 5.84. The molecule has 2 aliphatic heterocycles. The average Bonchev–Trinajstić information content (AvgIpc) is 3.34. The molecule has 2 aromatic rings. The third-order valence-electron chi connectivity index (χ3n) is 7.23. The third-order valence-corrected chi connectivity index (χ3v) is 7.97. The number of pyridine rings is 1. The van der Waals surface area contributed by atoms with Crippen molar-refractivity contribution >= 4 is 35.0 Å². The van der Waals surface area contributed by atoms with Gasteiger partial charge >= 0.3 is 0 Å². The Labute approximate surface area is 221 Å². The topological polar surface area (TPSA) is 86.5 Å². The Morgan fingerprint density at radius 3 is 2.53 bits per heavy atom. The molecule has 4 rings (SSSR count). The van der Waals surface area contributed by atoms with Gasteiger partial charge in [-0.2, -0.15) is 5.26 Å². The van der Waals surface area contributed by atoms with E-state index in [1.54, 1.807) is 18.2 Å². The van der Waals surface area contributed by atoms with Gasteiger partial charge in [-0.3, -0.25) is 9.59 Å². The summed E-state index contributed by atoms with van der Waals surface area (Å²) in [6.45, 7) is 4.85. The van der Waals surface area contributed by atoms with E-state index in [2.05, 4.69) is 4.98 Å². The number of ether oxygens (including phenoxy) is 1. The Morgan fingerprint density at radius 1 is 1.11 bits per heavy atom. The van der Waals surface area contributed by atoms with Gasteiger partial charge in [-0.05, 0) is 48.9 Å². The molecule has 1 aromatic heterocycles. The van der Waals surface area contributed by atoms with Crippen molar-refractivity contribution in [1.29, 1.82) is 5.26 Å². The number of hydrogen-bond acceptors (Lipinski definition) is 5. The van der Waals surface area contributed by atoms with E-state index in [4.69, 9.17) is 33.2 Å². The number of piperidine rings is 1. The summed E-state index contributed by atoms with van der Waals surface area (Å²) in [5.74, 6) is 1.03. The maximum Gasteiger partial charge on any atom is 0.225 e. The number of benzene rings is 1. The van der Waals surface area contributed by atoms with Crippen molar-refractivity contribution in [2.45, 2.75) is 38.5 Å². The van der Waals surface area contributed by atoms with E-state index in [9.17, 15) is 9.59 Å². The highest BCUT2D eigenvalue weighted by molar-refractivity contribution is 6.42. The van der Waals surface area contributed by atoms with E-state index >= 15 is 0 Å². The van der Waals surface area contributed by atoms with Gasteiger partial charge in [0, 0.05) is 56.7 Å². The Kier molecular flexibility index (Phi) is 8.71. The van der Waals surface area contributed by atoms with Crippen LogP contribution in [0.3, 0.4) is 0 Å². The molecule has 2 aliphatic rings. The van der Waals surface area contributed by atoms with Gasteiger partial charge in [0.2, 0.25) is 17.7 Å². The minimum Gasteiger partial charge on any atom is -0.478 e. The van der Waals surface area contributed by atoms with E-state index < -0.39 is 0 Å². The summed E-state index contributed by atoms with van der Waals surface area (Å²) in [6.07, 6.45) is 4.13. The summed E-state index contributed by atoms with van der Waals surface area (Å²) in [4.78, 5) is 33.5. The van der Waals surface area contributed by atoms with Crippen LogP contribution in [0.15, 0.2) is 36.5 Å². The van der Waals surface area contributed by atoms with E-state index in [1.807, 2.05) is 34.9 Å². The number of carbonyl (C=O) groups excluding carboxylic acids is 2. The average molecular weight is 529 g/mol. The van der Waals surface area contributed by atoms with E-state index in [0.29, 0.717) is 73.5 Å². The zero-order valence-electron chi connectivity index (χ0n) is 20.3. The van der Waals surface area contributed by atoms with Crippen LogP contribution in [0, 0.1) is 23.2 Å². The Hall–Kier alpha value is -2.82. The molecule has 0 radical (unpaired) electrons. The fourth-order valence-corrected chi connectivity index (χ4v) is 5.48. The van der Waals surface area contributed by atoms with Crippen LogP contribution in [0.25, 0.3) is 0 Å². The molecule has 0 aliphatic carbocycles. The molecule has 2 atom stereocenters. The molecule has 1 aromatic carbocycles. The van der Waals surface area contributed by atoms with Crippen LogP contribution in [0.4, 0.5) is 0 Å². The fourth-order valence-electron chi connectivity index (χ4n) is 5.17. The standard InChI is InChI=1S/C27H30Cl2N4O3/c1-2-26(34)32-10-7-19(8-11-32)27(35)33-16-21(9-12-36-25-6-3-18(14-30)15-31-25)22(17-33)20-4-5-23(28)24(29)13-20/h3-6,13,15,19,21-22H,2,7-12,16-17H2,1H3. The van der Waals surface area contributed by atoms with Crippen molar-refractivity contribution in [1.82, 2.24) is 14.8 Å². The van der Waals surface area contributed by atoms with Gasteiger partial charge in [0.1, 0.15) is 6.07 Å². The first-order valence-corrected chi connectivity index (χ1v) is 13.2. The smallest absolute Gasteiger partial charge is 0.225 e. The molecule has 7 nitrogen and oxygen atoms in total. The number of aromatic nitrogens is 1. The van der Waals surface area contributed by atoms with Gasteiger partial charge in [-0.15, -0.1) is 0 Å². The van der Waals surface area contributed by atoms with Crippen LogP contribution in [0.2, 0.25) is 10.0 Å². The number of nitriles is 1. The first-order valence-electron chi connectivity index (χ1n) is 12.4. The summed E-state index contributed by atoms with van der Waals surface area (Å²) >= 11 is 12.5. The lowest BCUT2D eigenvalue weighted by Crippen LogP contribution is -2.43. The molecule has 0 bridgehead atoms. The predicted molar refractivity (Wildman–Crippen MR) is 138 cm³/mol. The summed E-state index contributed by atoms with van der Waals surface area (Å²) in [7, 11) is 0. The van der Waals surface area contributed by atoms with Crippen molar-refractivity contribution in [3.05, 3.63) is 57.7 Å². The molecule has 0 N–H and O–H groups in total. The number of halogens is 2. The summed E-state index contributed by atoms with van der Waals surface area (Å²) in [5.41, 5.74) is 1.54. The van der Waals surface area contributed by atoms with Gasteiger partial charge in [0.05, 0.1) is 22.2 Å². The highest BCUT2D eigenvalue weighted by Gasteiger charge is 2.39. The maximum absolute atomic E-state index is 13.5. The quantitative estimate of drug-likeness (QED) is 0.508. The van der Waals surface area contributed by atoms with Gasteiger partial charge < -0.3 is 14.5 Å². The Bertz CT molecular complexity index is 1130. The van der Waals surface area contributed by atoms with Gasteiger partial charge in [0.25, 0.3) is 0 Å². The largest absolute Gasteiger partial charge is 0.478 e. The molecule has 2 amide bonds. The number of rotatable bonds is 7. The number of hydrogen-bond donors (Lipinski definition) is 0. The van der Waals surface area contributed by atoms with E-state index in [0.717, 1.165) is 12.0 Å². The van der Waals surface area contributed by atoms with Crippen LogP contribution in [0.5, 0.6) is 5.88 Å². The first-order chi connectivity index (χ1) is 17.4. The normalized spacial score (nSPS) is 20.3. The summed E-state index contributed by atoms with van der Waals surface area (Å²) in [5, 5.41) is 9.95. The first kappa shape index (κ1) is 26.2. The minimum atomic E-state index is -0.0572. The Morgan fingerprint density at radius 2 is 1.89 bits per heavy atom. The van der Waals surface area contributed by atoms with Gasteiger partial charge in [-0.1, -0.05) is 36.2 Å². The van der Waals surface area contributed by atoms with Crippen molar-refractivity contribution in [3.63, 3.8) is 0 Å². The molecular formula is C27H30Cl2N4O3. The van der Waals surface area contributed by atoms with Crippen LogP contribution in [0.1, 0.15) is 49.7 Å². The van der Waals surface area contributed by atoms with Crippen molar-refractivity contribution in [2.24, 2.45) is 11.8 Å². The lowest BCUT2D eigenvalue weighted by Gasteiger charge is -2.33. The SMILES string of the molecule is CCC(=O)N1CCC(C(=O)N2CC(CCOc3ccc(C#N)cn3)C(c3ccc(Cl)c(Cl)c3)C2)CC1. The molecule has 3 heterocycles. The highest BCUT2D eigenvalue weighted by atomic mass is 35.5.